The van der Waals surface area contributed by atoms with Crippen LogP contribution in [0.15, 0.2) is 18.2 Å². The molecule has 1 aromatic rings. The number of rotatable bonds is 7. The molecule has 0 aromatic heterocycles. The summed E-state index contributed by atoms with van der Waals surface area (Å²) in [4.78, 5) is 23.8. The van der Waals surface area contributed by atoms with Crippen LogP contribution in [0, 0.1) is 0 Å². The van der Waals surface area contributed by atoms with Crippen LogP contribution in [-0.4, -0.2) is 29.6 Å². The van der Waals surface area contributed by atoms with Gasteiger partial charge in [-0.2, -0.15) is 0 Å². The fourth-order valence-electron chi connectivity index (χ4n) is 1.97. The highest BCUT2D eigenvalue weighted by Crippen LogP contribution is 2.25. The molecule has 20 heavy (non-hydrogen) atoms. The number of nitrogens with zero attached hydrogens (tertiary/aromatic N) is 1. The van der Waals surface area contributed by atoms with Crippen molar-refractivity contribution in [3.8, 4) is 0 Å². The summed E-state index contributed by atoms with van der Waals surface area (Å²) >= 11 is 6.04. The quantitative estimate of drug-likeness (QED) is 0.810. The molecule has 0 bridgehead atoms. The summed E-state index contributed by atoms with van der Waals surface area (Å²) in [7, 11) is 0. The van der Waals surface area contributed by atoms with E-state index in [9.17, 15) is 9.59 Å². The molecule has 0 fully saturated rings. The van der Waals surface area contributed by atoms with Gasteiger partial charge in [-0.15, -0.1) is 0 Å². The van der Waals surface area contributed by atoms with E-state index in [0.717, 1.165) is 5.69 Å². The third kappa shape index (κ3) is 4.42. The van der Waals surface area contributed by atoms with E-state index in [1.165, 1.54) is 0 Å². The number of primary amides is 1. The third-order valence-corrected chi connectivity index (χ3v) is 3.28. The van der Waals surface area contributed by atoms with E-state index in [4.69, 9.17) is 22.4 Å². The number of carboxylic acids is 1. The lowest BCUT2D eigenvalue weighted by Gasteiger charge is -2.29. The molecule has 0 aliphatic heterocycles. The highest BCUT2D eigenvalue weighted by molar-refractivity contribution is 6.34. The number of amides is 1. The Kier molecular flexibility index (Phi) is 5.82. The third-order valence-electron chi connectivity index (χ3n) is 2.96. The van der Waals surface area contributed by atoms with Gasteiger partial charge in [-0.1, -0.05) is 11.6 Å². The van der Waals surface area contributed by atoms with Gasteiger partial charge in [0.25, 0.3) is 0 Å². The van der Waals surface area contributed by atoms with Crippen molar-refractivity contribution in [2.24, 2.45) is 5.73 Å². The smallest absolute Gasteiger partial charge is 0.303 e. The molecule has 5 nitrogen and oxygen atoms in total. The molecule has 0 atom stereocenters. The van der Waals surface area contributed by atoms with E-state index < -0.39 is 11.9 Å². The van der Waals surface area contributed by atoms with E-state index >= 15 is 0 Å². The van der Waals surface area contributed by atoms with Crippen molar-refractivity contribution >= 4 is 29.2 Å². The first-order valence-electron chi connectivity index (χ1n) is 6.40. The van der Waals surface area contributed by atoms with Gasteiger partial charge in [0.2, 0.25) is 5.91 Å². The van der Waals surface area contributed by atoms with Crippen molar-refractivity contribution < 1.29 is 14.7 Å². The van der Waals surface area contributed by atoms with Crippen LogP contribution in [0.25, 0.3) is 0 Å². The minimum absolute atomic E-state index is 0.121. The Morgan fingerprint density at radius 3 is 2.50 bits per heavy atom. The highest BCUT2D eigenvalue weighted by Gasteiger charge is 2.14. The molecule has 1 amide bonds. The summed E-state index contributed by atoms with van der Waals surface area (Å²) in [6.45, 7) is 4.63. The van der Waals surface area contributed by atoms with E-state index in [0.29, 0.717) is 18.0 Å². The van der Waals surface area contributed by atoms with Crippen LogP contribution < -0.4 is 10.6 Å². The van der Waals surface area contributed by atoms with Crippen LogP contribution in [0.3, 0.4) is 0 Å². The van der Waals surface area contributed by atoms with Gasteiger partial charge in [-0.3, -0.25) is 9.59 Å². The summed E-state index contributed by atoms with van der Waals surface area (Å²) in [5.41, 5.74) is 6.34. The lowest BCUT2D eigenvalue weighted by molar-refractivity contribution is -0.137. The fraction of sp³-hybridized carbons (Fsp3) is 0.429. The summed E-state index contributed by atoms with van der Waals surface area (Å²) in [6, 6.07) is 5.24. The second kappa shape index (κ2) is 7.14. The van der Waals surface area contributed by atoms with E-state index in [1.807, 2.05) is 18.7 Å². The molecule has 3 N–H and O–H groups in total. The largest absolute Gasteiger partial charge is 0.481 e. The van der Waals surface area contributed by atoms with Crippen LogP contribution in [0.2, 0.25) is 5.02 Å². The minimum atomic E-state index is -0.809. The van der Waals surface area contributed by atoms with Crippen molar-refractivity contribution in [1.29, 1.82) is 0 Å². The molecule has 0 spiro atoms. The zero-order valence-corrected chi connectivity index (χ0v) is 12.4. The maximum Gasteiger partial charge on any atom is 0.303 e. The molecule has 0 unspecified atom stereocenters. The Labute approximate surface area is 123 Å². The Morgan fingerprint density at radius 1 is 1.40 bits per heavy atom. The Bertz CT molecular complexity index is 503. The number of hydrogen-bond donors (Lipinski definition) is 2. The van der Waals surface area contributed by atoms with E-state index in [1.54, 1.807) is 18.2 Å². The van der Waals surface area contributed by atoms with Crippen molar-refractivity contribution in [2.45, 2.75) is 32.7 Å². The van der Waals surface area contributed by atoms with Crippen LogP contribution in [0.5, 0.6) is 0 Å². The number of carbonyl (C=O) groups excluding carboxylic acids is 1. The first kappa shape index (κ1) is 16.3. The van der Waals surface area contributed by atoms with Gasteiger partial charge in [0.15, 0.2) is 0 Å². The van der Waals surface area contributed by atoms with Crippen LogP contribution >= 0.6 is 11.6 Å². The maximum absolute atomic E-state index is 11.1. The second-order valence-electron chi connectivity index (χ2n) is 4.81. The molecule has 1 aromatic carbocycles. The van der Waals surface area contributed by atoms with Gasteiger partial charge >= 0.3 is 5.97 Å². The molecule has 6 heteroatoms. The van der Waals surface area contributed by atoms with Gasteiger partial charge < -0.3 is 15.7 Å². The molecule has 0 saturated carbocycles. The predicted octanol–water partition coefficient (Wildman–Crippen LogP) is 2.52. The molecule has 0 radical (unpaired) electrons. The molecule has 1 rings (SSSR count). The lowest BCUT2D eigenvalue weighted by atomic mass is 10.1. The van der Waals surface area contributed by atoms with E-state index in [2.05, 4.69) is 0 Å². The average Bonchev–Trinajstić information content (AvgIpc) is 2.33. The summed E-state index contributed by atoms with van der Waals surface area (Å²) in [5.74, 6) is -1.38. The number of halogens is 1. The number of carbonyl (C=O) groups is 2. The standard InChI is InChI=1S/C14H19ClN2O3/c1-9(2)17(7-3-4-13(18)19)10-5-6-11(14(16)20)12(15)8-10/h5-6,8-9H,3-4,7H2,1-2H3,(H2,16,20)(H,18,19). The topological polar surface area (TPSA) is 83.6 Å². The number of anilines is 1. The Hall–Kier alpha value is -1.75. The van der Waals surface area contributed by atoms with Gasteiger partial charge in [0.1, 0.15) is 0 Å². The monoisotopic (exact) mass is 298 g/mol. The number of hydrogen-bond acceptors (Lipinski definition) is 3. The summed E-state index contributed by atoms with van der Waals surface area (Å²) in [5, 5.41) is 8.99. The number of carboxylic acid groups (broad SMARTS) is 1. The molecule has 110 valence electrons. The first-order valence-corrected chi connectivity index (χ1v) is 6.78. The second-order valence-corrected chi connectivity index (χ2v) is 5.22. The van der Waals surface area contributed by atoms with Crippen LogP contribution in [0.1, 0.15) is 37.0 Å². The molecule has 0 aliphatic carbocycles. The molecule has 0 aliphatic rings. The first-order chi connectivity index (χ1) is 9.32. The van der Waals surface area contributed by atoms with Crippen molar-refractivity contribution in [3.63, 3.8) is 0 Å². The van der Waals surface area contributed by atoms with Crippen molar-refractivity contribution in [1.82, 2.24) is 0 Å². The number of aliphatic carboxylic acids is 1. The van der Waals surface area contributed by atoms with Crippen molar-refractivity contribution in [2.75, 3.05) is 11.4 Å². The Balaban J connectivity index is 2.89. The van der Waals surface area contributed by atoms with Gasteiger partial charge in [-0.25, -0.2) is 0 Å². The maximum atomic E-state index is 11.1. The lowest BCUT2D eigenvalue weighted by Crippen LogP contribution is -2.32. The number of nitrogens with two attached hydrogens (primary N) is 1. The fourth-order valence-corrected chi connectivity index (χ4v) is 2.24. The Morgan fingerprint density at radius 2 is 2.05 bits per heavy atom. The summed E-state index contributed by atoms with van der Waals surface area (Å²) in [6.07, 6.45) is 0.666. The van der Waals surface area contributed by atoms with Crippen LogP contribution in [-0.2, 0) is 4.79 Å². The van der Waals surface area contributed by atoms with E-state index in [-0.39, 0.29) is 18.0 Å². The zero-order chi connectivity index (χ0) is 15.3. The van der Waals surface area contributed by atoms with Gasteiger partial charge in [0.05, 0.1) is 10.6 Å². The predicted molar refractivity (Wildman–Crippen MR) is 79.3 cm³/mol. The molecular formula is C14H19ClN2O3. The molecular weight excluding hydrogens is 280 g/mol. The van der Waals surface area contributed by atoms with Crippen molar-refractivity contribution in [3.05, 3.63) is 28.8 Å². The highest BCUT2D eigenvalue weighted by atomic mass is 35.5. The summed E-state index contributed by atoms with van der Waals surface area (Å²) < 4.78 is 0. The molecule has 0 heterocycles. The normalized spacial score (nSPS) is 10.6. The zero-order valence-electron chi connectivity index (χ0n) is 11.6. The SMILES string of the molecule is CC(C)N(CCCC(=O)O)c1ccc(C(N)=O)c(Cl)c1. The number of benzene rings is 1. The van der Waals surface area contributed by atoms with Crippen LogP contribution in [0.4, 0.5) is 5.69 Å². The average molecular weight is 299 g/mol. The molecule has 0 saturated heterocycles. The minimum Gasteiger partial charge on any atom is -0.481 e. The van der Waals surface area contributed by atoms with Gasteiger partial charge in [0, 0.05) is 24.7 Å². The van der Waals surface area contributed by atoms with Gasteiger partial charge in [-0.05, 0) is 38.5 Å².